The summed E-state index contributed by atoms with van der Waals surface area (Å²) >= 11 is 0. The van der Waals surface area contributed by atoms with Gasteiger partial charge in [-0.2, -0.15) is 15.0 Å². The van der Waals surface area contributed by atoms with E-state index in [2.05, 4.69) is 40.2 Å². The molecule has 1 saturated heterocycles. The van der Waals surface area contributed by atoms with Crippen molar-refractivity contribution < 1.29 is 4.79 Å². The number of carbonyl (C=O) groups is 1. The van der Waals surface area contributed by atoms with E-state index >= 15 is 0 Å². The van der Waals surface area contributed by atoms with Crippen molar-refractivity contribution in [1.29, 1.82) is 5.26 Å². The molecule has 40 heavy (non-hydrogen) atoms. The van der Waals surface area contributed by atoms with Crippen LogP contribution < -0.4 is 0 Å². The first-order chi connectivity index (χ1) is 19.4. The van der Waals surface area contributed by atoms with E-state index in [1.165, 1.54) is 17.1 Å². The summed E-state index contributed by atoms with van der Waals surface area (Å²) < 4.78 is 1.25. The number of azide groups is 2. The molecule has 1 aliphatic heterocycles. The standard InChI is InChI=1S/C25H25N13O2/c1-3-37-9-8-36(16-25(37,2)15-31-35-28)24(39)18-5-7-22(29-12-18)38-23(33-40)21(14-32-38)20-6-4-17(11-26)10-19(20)13-30-34-27/h4-7,10,12,14H,3,8-9,13,15-16H2,1-2H3. The summed E-state index contributed by atoms with van der Waals surface area (Å²) in [7, 11) is 0. The molecule has 0 bridgehead atoms. The average molecular weight is 540 g/mol. The minimum absolute atomic E-state index is 0.0334. The zero-order chi connectivity index (χ0) is 28.7. The molecule has 0 aliphatic carbocycles. The lowest BCUT2D eigenvalue weighted by molar-refractivity contribution is 0.0165. The van der Waals surface area contributed by atoms with Crippen LogP contribution in [0.5, 0.6) is 0 Å². The Hall–Kier alpha value is -5.28. The van der Waals surface area contributed by atoms with Crippen molar-refractivity contribution in [1.82, 2.24) is 24.6 Å². The Morgan fingerprint density at radius 1 is 1.15 bits per heavy atom. The van der Waals surface area contributed by atoms with Gasteiger partial charge in [0.15, 0.2) is 5.82 Å². The fourth-order valence-corrected chi connectivity index (χ4v) is 4.92. The minimum Gasteiger partial charge on any atom is -0.335 e. The second-order valence-electron chi connectivity index (χ2n) is 9.36. The maximum absolute atomic E-state index is 13.3. The van der Waals surface area contributed by atoms with Gasteiger partial charge in [-0.25, -0.2) is 4.98 Å². The molecular weight excluding hydrogens is 514 g/mol. The summed E-state index contributed by atoms with van der Waals surface area (Å²) in [6, 6.07) is 10.0. The van der Waals surface area contributed by atoms with E-state index in [1.807, 2.05) is 19.9 Å². The minimum atomic E-state index is -0.485. The van der Waals surface area contributed by atoms with Crippen molar-refractivity contribution >= 4 is 11.7 Å². The molecule has 15 heteroatoms. The maximum atomic E-state index is 13.3. The molecule has 202 valence electrons. The van der Waals surface area contributed by atoms with Gasteiger partial charge in [0, 0.05) is 47.7 Å². The quantitative estimate of drug-likeness (QED) is 0.160. The van der Waals surface area contributed by atoms with Crippen molar-refractivity contribution in [3.05, 3.63) is 85.2 Å². The van der Waals surface area contributed by atoms with Gasteiger partial charge in [-0.1, -0.05) is 23.2 Å². The van der Waals surface area contributed by atoms with Crippen LogP contribution in [0.1, 0.15) is 35.3 Å². The first-order valence-electron chi connectivity index (χ1n) is 12.4. The van der Waals surface area contributed by atoms with E-state index in [4.69, 9.17) is 11.1 Å². The zero-order valence-electron chi connectivity index (χ0n) is 21.9. The van der Waals surface area contributed by atoms with Gasteiger partial charge in [-0.15, -0.1) is 4.91 Å². The third-order valence-corrected chi connectivity index (χ3v) is 6.95. The lowest BCUT2D eigenvalue weighted by atomic mass is 9.95. The number of benzene rings is 1. The maximum Gasteiger partial charge on any atom is 0.255 e. The molecule has 15 nitrogen and oxygen atoms in total. The van der Waals surface area contributed by atoms with E-state index in [9.17, 15) is 15.0 Å². The van der Waals surface area contributed by atoms with E-state index in [0.717, 1.165) is 6.54 Å². The number of nitrogens with zero attached hydrogens (tertiary/aromatic N) is 13. The van der Waals surface area contributed by atoms with Crippen LogP contribution in [0.15, 0.2) is 58.1 Å². The molecule has 3 aromatic rings. The van der Waals surface area contributed by atoms with Crippen LogP contribution in [0.3, 0.4) is 0 Å². The number of pyridine rings is 1. The Morgan fingerprint density at radius 3 is 2.60 bits per heavy atom. The second-order valence-corrected chi connectivity index (χ2v) is 9.36. The number of carbonyl (C=O) groups excluding carboxylic acids is 1. The SMILES string of the molecule is CCN1CCN(C(=O)c2ccc(-n3ncc(-c4ccc(C#N)cc4CN=[N+]=[N-])c3N=O)nc2)CC1(C)CN=[N+]=[N-]. The van der Waals surface area contributed by atoms with E-state index < -0.39 is 5.54 Å². The molecule has 2 aromatic heterocycles. The topological polar surface area (TPSA) is 205 Å². The number of hydrogen-bond acceptors (Lipinski definition) is 9. The number of nitriles is 1. The molecule has 0 spiro atoms. The Morgan fingerprint density at radius 2 is 1.95 bits per heavy atom. The van der Waals surface area contributed by atoms with Gasteiger partial charge < -0.3 is 4.90 Å². The molecule has 0 radical (unpaired) electrons. The van der Waals surface area contributed by atoms with Crippen LogP contribution in [0.25, 0.3) is 37.8 Å². The third kappa shape index (κ3) is 5.45. The molecule has 4 rings (SSSR count). The monoisotopic (exact) mass is 539 g/mol. The molecule has 3 heterocycles. The van der Waals surface area contributed by atoms with Gasteiger partial charge in [0.1, 0.15) is 0 Å². The number of aromatic nitrogens is 3. The summed E-state index contributed by atoms with van der Waals surface area (Å²) in [6.45, 7) is 6.54. The molecular formula is C25H25N13O2. The van der Waals surface area contributed by atoms with Crippen molar-refractivity contribution in [3.8, 4) is 23.0 Å². The summed E-state index contributed by atoms with van der Waals surface area (Å²) in [4.78, 5) is 39.2. The number of rotatable bonds is 9. The van der Waals surface area contributed by atoms with Crippen molar-refractivity contribution in [2.75, 3.05) is 32.7 Å². The third-order valence-electron chi connectivity index (χ3n) is 6.95. The van der Waals surface area contributed by atoms with Gasteiger partial charge in [0.2, 0.25) is 5.82 Å². The van der Waals surface area contributed by atoms with Gasteiger partial charge in [-0.3, -0.25) is 9.69 Å². The summed E-state index contributed by atoms with van der Waals surface area (Å²) in [5.74, 6) is 0.0201. The first-order valence-corrected chi connectivity index (χ1v) is 12.4. The predicted molar refractivity (Wildman–Crippen MR) is 145 cm³/mol. The predicted octanol–water partition coefficient (Wildman–Crippen LogP) is 4.86. The van der Waals surface area contributed by atoms with Crippen LogP contribution in [0, 0.1) is 16.2 Å². The number of nitroso groups, excluding NO2 is 1. The number of amides is 1. The van der Waals surface area contributed by atoms with Crippen molar-refractivity contribution in [2.24, 2.45) is 15.4 Å². The average Bonchev–Trinajstić information content (AvgIpc) is 3.42. The van der Waals surface area contributed by atoms with E-state index in [1.54, 1.807) is 35.2 Å². The fourth-order valence-electron chi connectivity index (χ4n) is 4.92. The van der Waals surface area contributed by atoms with Crippen LogP contribution in [-0.4, -0.2) is 68.7 Å². The van der Waals surface area contributed by atoms with Crippen molar-refractivity contribution in [2.45, 2.75) is 25.9 Å². The van der Waals surface area contributed by atoms with E-state index in [0.29, 0.717) is 47.5 Å². The van der Waals surface area contributed by atoms with Crippen LogP contribution >= 0.6 is 0 Å². The molecule has 1 aliphatic rings. The smallest absolute Gasteiger partial charge is 0.255 e. The summed E-state index contributed by atoms with van der Waals surface area (Å²) in [6.07, 6.45) is 2.86. The highest BCUT2D eigenvalue weighted by atomic mass is 16.3. The highest BCUT2D eigenvalue weighted by Crippen LogP contribution is 2.35. The summed E-state index contributed by atoms with van der Waals surface area (Å²) in [5.41, 5.74) is 19.2. The fraction of sp³-hybridized carbons (Fsp3) is 0.360. The van der Waals surface area contributed by atoms with E-state index in [-0.39, 0.29) is 30.6 Å². The molecule has 1 amide bonds. The Labute approximate surface area is 228 Å². The van der Waals surface area contributed by atoms with Crippen molar-refractivity contribution in [3.63, 3.8) is 0 Å². The van der Waals surface area contributed by atoms with Crippen LogP contribution in [0.4, 0.5) is 5.82 Å². The molecule has 1 unspecified atom stereocenters. The highest BCUT2D eigenvalue weighted by molar-refractivity contribution is 5.94. The Balaban J connectivity index is 1.61. The molecule has 0 N–H and O–H groups in total. The van der Waals surface area contributed by atoms with Gasteiger partial charge in [0.25, 0.3) is 5.91 Å². The second kappa shape index (κ2) is 12.1. The number of piperazine rings is 1. The Bertz CT molecular complexity index is 1560. The summed E-state index contributed by atoms with van der Waals surface area (Å²) in [5, 5.41) is 24.0. The first kappa shape index (κ1) is 27.7. The number of likely N-dealkylation sites (N-methyl/N-ethyl adjacent to an activating group) is 1. The van der Waals surface area contributed by atoms with Gasteiger partial charge >= 0.3 is 0 Å². The van der Waals surface area contributed by atoms with Crippen LogP contribution in [-0.2, 0) is 6.54 Å². The molecule has 1 atom stereocenters. The highest BCUT2D eigenvalue weighted by Gasteiger charge is 2.38. The van der Waals surface area contributed by atoms with Gasteiger partial charge in [0.05, 0.1) is 35.5 Å². The molecule has 1 fully saturated rings. The molecule has 0 saturated carbocycles. The molecule has 1 aromatic carbocycles. The lowest BCUT2D eigenvalue weighted by Crippen LogP contribution is -2.63. The van der Waals surface area contributed by atoms with Crippen LogP contribution in [0.2, 0.25) is 0 Å². The number of hydrogen-bond donors (Lipinski definition) is 0. The zero-order valence-corrected chi connectivity index (χ0v) is 21.9. The normalized spacial score (nSPS) is 16.9. The largest absolute Gasteiger partial charge is 0.335 e. The lowest BCUT2D eigenvalue weighted by Gasteiger charge is -2.48. The van der Waals surface area contributed by atoms with Gasteiger partial charge in [-0.05, 0) is 65.1 Å². The Kier molecular flexibility index (Phi) is 8.36.